The van der Waals surface area contributed by atoms with Crippen LogP contribution in [0.2, 0.25) is 0 Å². The van der Waals surface area contributed by atoms with Crippen molar-refractivity contribution >= 4 is 57.3 Å². The van der Waals surface area contributed by atoms with E-state index in [2.05, 4.69) is 41.3 Å². The minimum atomic E-state index is -1.31. The number of aromatic nitrogens is 2. The van der Waals surface area contributed by atoms with E-state index in [1.807, 2.05) is 6.07 Å². The fraction of sp³-hybridized carbons (Fsp3) is 0.382. The van der Waals surface area contributed by atoms with Gasteiger partial charge in [-0.25, -0.2) is 24.4 Å². The molecule has 0 aliphatic heterocycles. The highest BCUT2D eigenvalue weighted by Gasteiger charge is 2.27. The van der Waals surface area contributed by atoms with Crippen molar-refractivity contribution in [1.82, 2.24) is 15.3 Å². The van der Waals surface area contributed by atoms with E-state index >= 15 is 0 Å². The Hall–Kier alpha value is -5.05. The Bertz CT molecular complexity index is 1640. The molecule has 49 heavy (non-hydrogen) atoms. The number of Topliss-reactive ketones (excluding diaryl/α,β-unsaturated/α-hetero) is 1. The van der Waals surface area contributed by atoms with E-state index in [-0.39, 0.29) is 31.4 Å². The van der Waals surface area contributed by atoms with Gasteiger partial charge in [-0.2, -0.15) is 0 Å². The summed E-state index contributed by atoms with van der Waals surface area (Å²) in [6, 6.07) is 13.8. The number of alkyl carbamates (subject to hydrolysis) is 1. The first kappa shape index (κ1) is 38.4. The summed E-state index contributed by atoms with van der Waals surface area (Å²) in [5, 5.41) is 5.02. The first-order valence-electron chi connectivity index (χ1n) is 15.2. The number of ether oxygens (including phenoxy) is 4. The van der Waals surface area contributed by atoms with Crippen LogP contribution in [0.25, 0.3) is 0 Å². The lowest BCUT2D eigenvalue weighted by Crippen LogP contribution is -2.44. The smallest absolute Gasteiger partial charge is 0.411 e. The second kappa shape index (κ2) is 17.9. The predicted octanol–water partition coefficient (Wildman–Crippen LogP) is 5.02. The molecule has 0 aliphatic carbocycles. The first-order valence-corrected chi connectivity index (χ1v) is 16.0. The van der Waals surface area contributed by atoms with Crippen LogP contribution in [0.5, 0.6) is 0 Å². The van der Waals surface area contributed by atoms with Gasteiger partial charge in [-0.3, -0.25) is 14.9 Å². The molecule has 2 aromatic carbocycles. The Labute approximate surface area is 293 Å². The fourth-order valence-corrected chi connectivity index (χ4v) is 4.80. The van der Waals surface area contributed by atoms with Crippen molar-refractivity contribution in [2.24, 2.45) is 0 Å². The Morgan fingerprint density at radius 3 is 2.29 bits per heavy atom. The molecule has 0 aliphatic rings. The van der Waals surface area contributed by atoms with Crippen LogP contribution >= 0.6 is 15.9 Å². The zero-order chi connectivity index (χ0) is 36.1. The average molecular weight is 743 g/mol. The van der Waals surface area contributed by atoms with Gasteiger partial charge < -0.3 is 29.2 Å². The SMILES string of the molecule is COC(=O)Nc1ccc(C(=O)COC(=O)C(Cc2cc(N(C)C)nc(CCC(=O)OC(C)(C)C)n2)NC(=O)OCc2ccccc2)c(Br)c1. The van der Waals surface area contributed by atoms with Gasteiger partial charge in [0.2, 0.25) is 5.78 Å². The Kier molecular flexibility index (Phi) is 14.0. The monoisotopic (exact) mass is 741 g/mol. The lowest BCUT2D eigenvalue weighted by molar-refractivity contribution is -0.154. The molecule has 0 bridgehead atoms. The molecule has 0 fully saturated rings. The molecule has 3 rings (SSSR count). The van der Waals surface area contributed by atoms with Crippen LogP contribution in [0.3, 0.4) is 0 Å². The molecule has 0 saturated carbocycles. The molecule has 1 heterocycles. The molecule has 15 heteroatoms. The van der Waals surface area contributed by atoms with Crippen molar-refractivity contribution in [2.45, 2.75) is 58.3 Å². The number of nitrogens with one attached hydrogen (secondary N) is 2. The number of hydrogen-bond donors (Lipinski definition) is 2. The number of carbonyl (C=O) groups is 5. The number of amides is 2. The van der Waals surface area contributed by atoms with Gasteiger partial charge in [0.25, 0.3) is 0 Å². The van der Waals surface area contributed by atoms with Crippen molar-refractivity contribution in [1.29, 1.82) is 0 Å². The second-order valence-corrected chi connectivity index (χ2v) is 12.8. The average Bonchev–Trinajstić information content (AvgIpc) is 3.04. The number of halogens is 1. The molecule has 3 aromatic rings. The first-order chi connectivity index (χ1) is 23.1. The van der Waals surface area contributed by atoms with Crippen molar-refractivity contribution < 1.29 is 42.9 Å². The van der Waals surface area contributed by atoms with Crippen molar-refractivity contribution in [2.75, 3.05) is 38.0 Å². The van der Waals surface area contributed by atoms with Crippen molar-refractivity contribution in [3.05, 3.63) is 81.7 Å². The fourth-order valence-electron chi connectivity index (χ4n) is 4.20. The van der Waals surface area contributed by atoms with Crippen LogP contribution in [-0.2, 0) is 48.0 Å². The molecular weight excluding hydrogens is 702 g/mol. The number of methoxy groups -OCH3 is 1. The van der Waals surface area contributed by atoms with Gasteiger partial charge in [-0.1, -0.05) is 30.3 Å². The lowest BCUT2D eigenvalue weighted by atomic mass is 10.1. The Morgan fingerprint density at radius 1 is 0.939 bits per heavy atom. The summed E-state index contributed by atoms with van der Waals surface area (Å²) in [4.78, 5) is 73.9. The molecule has 2 amide bonds. The highest BCUT2D eigenvalue weighted by atomic mass is 79.9. The van der Waals surface area contributed by atoms with E-state index in [0.29, 0.717) is 27.5 Å². The van der Waals surface area contributed by atoms with Crippen LogP contribution < -0.4 is 15.5 Å². The number of aryl methyl sites for hydroxylation is 1. The zero-order valence-electron chi connectivity index (χ0n) is 28.2. The zero-order valence-corrected chi connectivity index (χ0v) is 29.8. The van der Waals surface area contributed by atoms with E-state index in [1.54, 1.807) is 70.1 Å². The molecular formula is C34H40BrN5O9. The third kappa shape index (κ3) is 13.2. The maximum atomic E-state index is 13.4. The summed E-state index contributed by atoms with van der Waals surface area (Å²) < 4.78 is 21.0. The van der Waals surface area contributed by atoms with E-state index in [0.717, 1.165) is 5.56 Å². The van der Waals surface area contributed by atoms with Crippen LogP contribution in [0, 0.1) is 0 Å². The number of hydrogen-bond acceptors (Lipinski definition) is 12. The maximum absolute atomic E-state index is 13.4. The molecule has 1 aromatic heterocycles. The van der Waals surface area contributed by atoms with Crippen molar-refractivity contribution in [3.63, 3.8) is 0 Å². The van der Waals surface area contributed by atoms with E-state index in [1.165, 1.54) is 25.3 Å². The van der Waals surface area contributed by atoms with E-state index in [4.69, 9.17) is 14.2 Å². The number of esters is 2. The Morgan fingerprint density at radius 2 is 1.65 bits per heavy atom. The third-order valence-electron chi connectivity index (χ3n) is 6.49. The topological polar surface area (TPSA) is 175 Å². The minimum Gasteiger partial charge on any atom is -0.460 e. The standard InChI is InChI=1S/C34H40BrN5O9/c1-34(2,3)49-30(42)15-14-28-36-23(18-29(39-28)40(4)5)17-26(38-33(45)48-19-21-10-8-7-9-11-21)31(43)47-20-27(41)24-13-12-22(16-25(24)35)37-32(44)46-6/h7-13,16,18,26H,14-15,17,19-20H2,1-6H3,(H,37,44)(H,38,45). The molecule has 0 radical (unpaired) electrons. The van der Waals surface area contributed by atoms with Crippen LogP contribution in [0.1, 0.15) is 54.6 Å². The minimum absolute atomic E-state index is 0.0283. The third-order valence-corrected chi connectivity index (χ3v) is 7.15. The second-order valence-electron chi connectivity index (χ2n) is 11.9. The van der Waals surface area contributed by atoms with E-state index in [9.17, 15) is 24.0 Å². The molecule has 2 N–H and O–H groups in total. The summed E-state index contributed by atoms with van der Waals surface area (Å²) in [6.07, 6.45) is -1.52. The number of benzene rings is 2. The summed E-state index contributed by atoms with van der Waals surface area (Å²) in [5.74, 6) is -1.03. The van der Waals surface area contributed by atoms with Gasteiger partial charge in [-0.05, 0) is 60.5 Å². The molecule has 14 nitrogen and oxygen atoms in total. The van der Waals surface area contributed by atoms with Crippen LogP contribution in [0.15, 0.2) is 59.1 Å². The summed E-state index contributed by atoms with van der Waals surface area (Å²) in [5.41, 5.74) is 1.02. The van der Waals surface area contributed by atoms with Gasteiger partial charge in [0, 0.05) is 54.4 Å². The predicted molar refractivity (Wildman–Crippen MR) is 183 cm³/mol. The number of nitrogens with zero attached hydrogens (tertiary/aromatic N) is 3. The van der Waals surface area contributed by atoms with Crippen LogP contribution in [-0.4, -0.2) is 79.3 Å². The van der Waals surface area contributed by atoms with Crippen LogP contribution in [0.4, 0.5) is 21.1 Å². The van der Waals surface area contributed by atoms with Gasteiger partial charge in [-0.15, -0.1) is 0 Å². The van der Waals surface area contributed by atoms with Gasteiger partial charge in [0.15, 0.2) is 6.61 Å². The quantitative estimate of drug-likeness (QED) is 0.128. The number of anilines is 2. The Balaban J connectivity index is 1.79. The summed E-state index contributed by atoms with van der Waals surface area (Å²) >= 11 is 3.30. The molecule has 0 saturated heterocycles. The molecule has 1 atom stereocenters. The number of rotatable bonds is 14. The van der Waals surface area contributed by atoms with E-state index < -0.39 is 48.2 Å². The lowest BCUT2D eigenvalue weighted by Gasteiger charge is -2.20. The number of carbonyl (C=O) groups excluding carboxylic acids is 5. The maximum Gasteiger partial charge on any atom is 0.411 e. The highest BCUT2D eigenvalue weighted by Crippen LogP contribution is 2.23. The highest BCUT2D eigenvalue weighted by molar-refractivity contribution is 9.10. The summed E-state index contributed by atoms with van der Waals surface area (Å²) in [6.45, 7) is 4.63. The molecule has 0 spiro atoms. The normalized spacial score (nSPS) is 11.5. The van der Waals surface area contributed by atoms with Gasteiger partial charge >= 0.3 is 24.1 Å². The summed E-state index contributed by atoms with van der Waals surface area (Å²) in [7, 11) is 4.77. The van der Waals surface area contributed by atoms with Gasteiger partial charge in [0.05, 0.1) is 13.5 Å². The van der Waals surface area contributed by atoms with Gasteiger partial charge in [0.1, 0.15) is 29.9 Å². The largest absolute Gasteiger partial charge is 0.460 e. The molecule has 1 unspecified atom stereocenters. The number of ketones is 1. The molecule has 262 valence electrons. The van der Waals surface area contributed by atoms with Crippen molar-refractivity contribution in [3.8, 4) is 0 Å².